The average Bonchev–Trinajstić information content (AvgIpc) is 2.93. The first-order valence-corrected chi connectivity index (χ1v) is 6.87. The second-order valence-corrected chi connectivity index (χ2v) is 4.68. The molecule has 1 heterocycles. The van der Waals surface area contributed by atoms with Gasteiger partial charge in [-0.25, -0.2) is 4.68 Å². The van der Waals surface area contributed by atoms with E-state index in [0.717, 1.165) is 30.1 Å². The van der Waals surface area contributed by atoms with Gasteiger partial charge in [-0.2, -0.15) is 0 Å². The third-order valence-corrected chi connectivity index (χ3v) is 3.16. The zero-order valence-corrected chi connectivity index (χ0v) is 12.2. The van der Waals surface area contributed by atoms with Gasteiger partial charge in [0.1, 0.15) is 5.75 Å². The summed E-state index contributed by atoms with van der Waals surface area (Å²) in [5.41, 5.74) is 1.06. The molecule has 6 nitrogen and oxygen atoms in total. The number of methoxy groups -OCH3 is 1. The van der Waals surface area contributed by atoms with Crippen molar-refractivity contribution in [1.29, 1.82) is 0 Å². The van der Waals surface area contributed by atoms with Gasteiger partial charge in [0, 0.05) is 5.56 Å². The SMILES string of the molecule is CCCNC(C)c1nnnn1Cc1ccccc1OC. The van der Waals surface area contributed by atoms with Gasteiger partial charge in [0.05, 0.1) is 19.7 Å². The van der Waals surface area contributed by atoms with Gasteiger partial charge in [-0.3, -0.25) is 0 Å². The smallest absolute Gasteiger partial charge is 0.168 e. The van der Waals surface area contributed by atoms with Crippen LogP contribution >= 0.6 is 0 Å². The Morgan fingerprint density at radius 1 is 1.35 bits per heavy atom. The van der Waals surface area contributed by atoms with Crippen molar-refractivity contribution >= 4 is 0 Å². The standard InChI is InChI=1S/C14H21N5O/c1-4-9-15-11(2)14-16-17-18-19(14)10-12-7-5-6-8-13(12)20-3/h5-8,11,15H,4,9-10H2,1-3H3. The molecule has 1 aromatic heterocycles. The number of rotatable bonds is 7. The molecule has 0 saturated heterocycles. The zero-order valence-electron chi connectivity index (χ0n) is 12.2. The number of hydrogen-bond donors (Lipinski definition) is 1. The van der Waals surface area contributed by atoms with Crippen LogP contribution < -0.4 is 10.1 Å². The number of aromatic nitrogens is 4. The lowest BCUT2D eigenvalue weighted by molar-refractivity contribution is 0.405. The predicted molar refractivity (Wildman–Crippen MR) is 76.6 cm³/mol. The summed E-state index contributed by atoms with van der Waals surface area (Å²) in [7, 11) is 1.67. The molecule has 1 N–H and O–H groups in total. The van der Waals surface area contributed by atoms with Crippen LogP contribution in [-0.2, 0) is 6.54 Å². The third-order valence-electron chi connectivity index (χ3n) is 3.16. The number of benzene rings is 1. The fraction of sp³-hybridized carbons (Fsp3) is 0.500. The van der Waals surface area contributed by atoms with Gasteiger partial charge < -0.3 is 10.1 Å². The van der Waals surface area contributed by atoms with Gasteiger partial charge in [0.15, 0.2) is 5.82 Å². The summed E-state index contributed by atoms with van der Waals surface area (Å²) in [4.78, 5) is 0. The number of nitrogens with zero attached hydrogens (tertiary/aromatic N) is 4. The molecule has 0 fully saturated rings. The maximum absolute atomic E-state index is 5.36. The van der Waals surface area contributed by atoms with E-state index in [4.69, 9.17) is 4.74 Å². The minimum atomic E-state index is 0.125. The topological polar surface area (TPSA) is 64.9 Å². The Bertz CT molecular complexity index is 540. The Morgan fingerprint density at radius 3 is 2.90 bits per heavy atom. The Hall–Kier alpha value is -1.95. The number of nitrogens with one attached hydrogen (secondary N) is 1. The molecule has 1 unspecified atom stereocenters. The van der Waals surface area contributed by atoms with Crippen molar-refractivity contribution < 1.29 is 4.74 Å². The van der Waals surface area contributed by atoms with Gasteiger partial charge in [0.2, 0.25) is 0 Å². The van der Waals surface area contributed by atoms with Gasteiger partial charge >= 0.3 is 0 Å². The van der Waals surface area contributed by atoms with Crippen LogP contribution in [0.3, 0.4) is 0 Å². The Balaban J connectivity index is 2.16. The highest BCUT2D eigenvalue weighted by Gasteiger charge is 2.15. The molecule has 2 rings (SSSR count). The third kappa shape index (κ3) is 3.33. The minimum absolute atomic E-state index is 0.125. The van der Waals surface area contributed by atoms with E-state index in [-0.39, 0.29) is 6.04 Å². The van der Waals surface area contributed by atoms with Crippen LogP contribution in [0.1, 0.15) is 37.7 Å². The molecule has 0 aliphatic heterocycles. The van der Waals surface area contributed by atoms with Crippen molar-refractivity contribution in [3.63, 3.8) is 0 Å². The molecule has 0 aliphatic carbocycles. The highest BCUT2D eigenvalue weighted by atomic mass is 16.5. The van der Waals surface area contributed by atoms with E-state index in [1.54, 1.807) is 7.11 Å². The van der Waals surface area contributed by atoms with Crippen LogP contribution in [-0.4, -0.2) is 33.9 Å². The molecule has 6 heteroatoms. The lowest BCUT2D eigenvalue weighted by Crippen LogP contribution is -2.23. The van der Waals surface area contributed by atoms with E-state index >= 15 is 0 Å². The van der Waals surface area contributed by atoms with E-state index in [1.807, 2.05) is 28.9 Å². The second kappa shape index (κ2) is 7.00. The highest BCUT2D eigenvalue weighted by Crippen LogP contribution is 2.19. The van der Waals surface area contributed by atoms with E-state index in [1.165, 1.54) is 0 Å². The van der Waals surface area contributed by atoms with Crippen molar-refractivity contribution in [2.45, 2.75) is 32.9 Å². The van der Waals surface area contributed by atoms with Crippen molar-refractivity contribution in [2.24, 2.45) is 0 Å². The molecule has 0 radical (unpaired) electrons. The first-order chi connectivity index (χ1) is 9.76. The lowest BCUT2D eigenvalue weighted by atomic mass is 10.2. The molecule has 0 bridgehead atoms. The molecule has 2 aromatic rings. The van der Waals surface area contributed by atoms with E-state index in [9.17, 15) is 0 Å². The molecule has 0 aliphatic rings. The Morgan fingerprint density at radius 2 is 2.15 bits per heavy atom. The number of tetrazole rings is 1. The van der Waals surface area contributed by atoms with Gasteiger partial charge in [-0.15, -0.1) is 5.10 Å². The summed E-state index contributed by atoms with van der Waals surface area (Å²) in [6, 6.07) is 8.03. The van der Waals surface area contributed by atoms with Crippen molar-refractivity contribution in [3.05, 3.63) is 35.7 Å². The van der Waals surface area contributed by atoms with E-state index < -0.39 is 0 Å². The average molecular weight is 275 g/mol. The molecule has 0 saturated carbocycles. The first-order valence-electron chi connectivity index (χ1n) is 6.87. The van der Waals surface area contributed by atoms with Crippen molar-refractivity contribution in [2.75, 3.05) is 13.7 Å². The second-order valence-electron chi connectivity index (χ2n) is 4.68. The summed E-state index contributed by atoms with van der Waals surface area (Å²) >= 11 is 0. The summed E-state index contributed by atoms with van der Waals surface area (Å²) in [5, 5.41) is 15.4. The molecular weight excluding hydrogens is 254 g/mol. The van der Waals surface area contributed by atoms with Gasteiger partial charge in [-0.05, 0) is 36.4 Å². The van der Waals surface area contributed by atoms with E-state index in [0.29, 0.717) is 6.54 Å². The molecular formula is C14H21N5O. The Kier molecular flexibility index (Phi) is 5.06. The van der Waals surface area contributed by atoms with Crippen LogP contribution in [0.2, 0.25) is 0 Å². The van der Waals surface area contributed by atoms with Crippen LogP contribution in [0.15, 0.2) is 24.3 Å². The van der Waals surface area contributed by atoms with Crippen LogP contribution in [0.25, 0.3) is 0 Å². The monoisotopic (exact) mass is 275 g/mol. The highest BCUT2D eigenvalue weighted by molar-refractivity contribution is 5.33. The van der Waals surface area contributed by atoms with Crippen LogP contribution in [0.5, 0.6) is 5.75 Å². The maximum atomic E-state index is 5.36. The van der Waals surface area contributed by atoms with E-state index in [2.05, 4.69) is 34.7 Å². The lowest BCUT2D eigenvalue weighted by Gasteiger charge is -2.14. The Labute approximate surface area is 119 Å². The van der Waals surface area contributed by atoms with Crippen molar-refractivity contribution in [1.82, 2.24) is 25.5 Å². The summed E-state index contributed by atoms with van der Waals surface area (Å²) in [5.74, 6) is 1.69. The molecule has 20 heavy (non-hydrogen) atoms. The predicted octanol–water partition coefficient (Wildman–Crippen LogP) is 1.79. The fourth-order valence-electron chi connectivity index (χ4n) is 2.08. The molecule has 0 spiro atoms. The summed E-state index contributed by atoms with van der Waals surface area (Å²) in [6.07, 6.45) is 1.08. The molecule has 1 aromatic carbocycles. The summed E-state index contributed by atoms with van der Waals surface area (Å²) < 4.78 is 7.17. The zero-order chi connectivity index (χ0) is 14.4. The largest absolute Gasteiger partial charge is 0.496 e. The number of para-hydroxylation sites is 1. The van der Waals surface area contributed by atoms with Crippen molar-refractivity contribution in [3.8, 4) is 5.75 Å². The molecule has 1 atom stereocenters. The molecule has 0 amide bonds. The fourth-order valence-corrected chi connectivity index (χ4v) is 2.08. The summed E-state index contributed by atoms with van der Waals surface area (Å²) in [6.45, 7) is 5.75. The molecule has 108 valence electrons. The first kappa shape index (κ1) is 14.5. The quantitative estimate of drug-likeness (QED) is 0.834. The number of ether oxygens (including phenoxy) is 1. The van der Waals surface area contributed by atoms with Gasteiger partial charge in [-0.1, -0.05) is 25.1 Å². The van der Waals surface area contributed by atoms with Gasteiger partial charge in [0.25, 0.3) is 0 Å². The maximum Gasteiger partial charge on any atom is 0.168 e. The number of hydrogen-bond acceptors (Lipinski definition) is 5. The normalized spacial score (nSPS) is 12.3. The van der Waals surface area contributed by atoms with Crippen LogP contribution in [0, 0.1) is 0 Å². The van der Waals surface area contributed by atoms with Crippen LogP contribution in [0.4, 0.5) is 0 Å². The minimum Gasteiger partial charge on any atom is -0.496 e.